The number of hydrogen-bond donors (Lipinski definition) is 2. The molecule has 2 aromatic carbocycles. The summed E-state index contributed by atoms with van der Waals surface area (Å²) in [5.41, 5.74) is 1.95. The van der Waals surface area contributed by atoms with Gasteiger partial charge < -0.3 is 24.8 Å². The molecule has 0 spiro atoms. The molecule has 1 heterocycles. The van der Waals surface area contributed by atoms with E-state index in [-0.39, 0.29) is 11.3 Å². The van der Waals surface area contributed by atoms with Crippen molar-refractivity contribution in [1.29, 1.82) is 5.26 Å². The Bertz CT molecular complexity index is 1450. The molecule has 39 heavy (non-hydrogen) atoms. The highest BCUT2D eigenvalue weighted by atomic mass is 35.5. The SMILES string of the molecule is COc1cc(Cl)ccc1NC(=O)COc1ccccc1C(=O)OCC(=O)Nc1sc2c(c1C#N)CC[C@@H](C)C2. The number of nitriles is 1. The number of carbonyl (C=O) groups is 3. The zero-order chi connectivity index (χ0) is 27.9. The summed E-state index contributed by atoms with van der Waals surface area (Å²) in [6.07, 6.45) is 2.69. The molecule has 0 bridgehead atoms. The maximum Gasteiger partial charge on any atom is 0.342 e. The predicted molar refractivity (Wildman–Crippen MR) is 148 cm³/mol. The maximum atomic E-state index is 12.7. The fourth-order valence-corrected chi connectivity index (χ4v) is 5.73. The Balaban J connectivity index is 1.33. The van der Waals surface area contributed by atoms with Crippen molar-refractivity contribution in [2.24, 2.45) is 5.92 Å². The molecule has 0 unspecified atom stereocenters. The van der Waals surface area contributed by atoms with E-state index in [1.165, 1.54) is 30.6 Å². The number of nitrogens with one attached hydrogen (secondary N) is 2. The number of para-hydroxylation sites is 1. The number of benzene rings is 2. The lowest BCUT2D eigenvalue weighted by molar-refractivity contribution is -0.119. The third-order valence-corrected chi connectivity index (χ3v) is 7.52. The van der Waals surface area contributed by atoms with Gasteiger partial charge >= 0.3 is 5.97 Å². The highest BCUT2D eigenvalue weighted by molar-refractivity contribution is 7.16. The van der Waals surface area contributed by atoms with Crippen LogP contribution in [0.15, 0.2) is 42.5 Å². The van der Waals surface area contributed by atoms with Gasteiger partial charge in [0.1, 0.15) is 28.1 Å². The number of rotatable bonds is 9. The van der Waals surface area contributed by atoms with Crippen molar-refractivity contribution < 1.29 is 28.6 Å². The van der Waals surface area contributed by atoms with Gasteiger partial charge in [0.2, 0.25) is 0 Å². The Morgan fingerprint density at radius 3 is 2.64 bits per heavy atom. The van der Waals surface area contributed by atoms with Gasteiger partial charge in [-0.05, 0) is 55.0 Å². The van der Waals surface area contributed by atoms with Crippen molar-refractivity contribution in [2.75, 3.05) is 31.0 Å². The van der Waals surface area contributed by atoms with Crippen molar-refractivity contribution in [3.05, 3.63) is 69.1 Å². The van der Waals surface area contributed by atoms with Crippen LogP contribution in [0.25, 0.3) is 0 Å². The number of thiophene rings is 1. The zero-order valence-electron chi connectivity index (χ0n) is 21.3. The van der Waals surface area contributed by atoms with Crippen LogP contribution in [0.2, 0.25) is 5.02 Å². The van der Waals surface area contributed by atoms with Crippen molar-refractivity contribution >= 4 is 51.4 Å². The number of halogens is 1. The quantitative estimate of drug-likeness (QED) is 0.339. The Morgan fingerprint density at radius 2 is 1.87 bits per heavy atom. The molecule has 0 aliphatic heterocycles. The summed E-state index contributed by atoms with van der Waals surface area (Å²) < 4.78 is 16.0. The summed E-state index contributed by atoms with van der Waals surface area (Å²) >= 11 is 7.34. The Hall–Kier alpha value is -4.07. The molecule has 1 aliphatic rings. The lowest BCUT2D eigenvalue weighted by Gasteiger charge is -2.17. The minimum absolute atomic E-state index is 0.0560. The highest BCUT2D eigenvalue weighted by Crippen LogP contribution is 2.39. The Kier molecular flexibility index (Phi) is 9.07. The van der Waals surface area contributed by atoms with Crippen molar-refractivity contribution in [3.63, 3.8) is 0 Å². The largest absolute Gasteiger partial charge is 0.495 e. The summed E-state index contributed by atoms with van der Waals surface area (Å²) in [6.45, 7) is 1.22. The van der Waals surface area contributed by atoms with Crippen LogP contribution >= 0.6 is 22.9 Å². The monoisotopic (exact) mass is 567 g/mol. The first-order valence-electron chi connectivity index (χ1n) is 12.2. The van der Waals surface area contributed by atoms with Crippen LogP contribution in [-0.4, -0.2) is 38.1 Å². The van der Waals surface area contributed by atoms with Crippen LogP contribution in [0.1, 0.15) is 39.7 Å². The normalized spacial score (nSPS) is 13.9. The first kappa shape index (κ1) is 28.0. The predicted octanol–water partition coefficient (Wildman–Crippen LogP) is 5.22. The third kappa shape index (κ3) is 6.88. The minimum Gasteiger partial charge on any atom is -0.495 e. The number of nitrogens with zero attached hydrogens (tertiary/aromatic N) is 1. The zero-order valence-corrected chi connectivity index (χ0v) is 22.9. The first-order valence-corrected chi connectivity index (χ1v) is 13.3. The van der Waals surface area contributed by atoms with Gasteiger partial charge in [-0.1, -0.05) is 30.7 Å². The number of fused-ring (bicyclic) bond motifs is 1. The standard InChI is InChI=1S/C28H26ClN3O6S/c1-16-7-9-18-20(13-30)27(39-24(18)11-16)32-26(34)15-38-28(35)19-5-3-4-6-22(19)37-14-25(33)31-21-10-8-17(29)12-23(21)36-2/h3-6,8,10,12,16H,7,9,11,14-15H2,1-2H3,(H,31,33)(H,32,34)/t16-/m1/s1. The van der Waals surface area contributed by atoms with Gasteiger partial charge in [-0.15, -0.1) is 11.3 Å². The van der Waals surface area contributed by atoms with Crippen LogP contribution in [0.4, 0.5) is 10.7 Å². The van der Waals surface area contributed by atoms with E-state index in [2.05, 4.69) is 23.6 Å². The molecular weight excluding hydrogens is 542 g/mol. The number of hydrogen-bond acceptors (Lipinski definition) is 8. The Morgan fingerprint density at radius 1 is 1.10 bits per heavy atom. The number of ether oxygens (including phenoxy) is 3. The molecule has 11 heteroatoms. The average Bonchev–Trinajstić information content (AvgIpc) is 3.27. The second kappa shape index (κ2) is 12.7. The Labute approximate surface area is 234 Å². The molecule has 2 N–H and O–H groups in total. The topological polar surface area (TPSA) is 127 Å². The van der Waals surface area contributed by atoms with Crippen LogP contribution < -0.4 is 20.1 Å². The molecule has 0 fully saturated rings. The van der Waals surface area contributed by atoms with Crippen LogP contribution in [0.5, 0.6) is 11.5 Å². The van der Waals surface area contributed by atoms with Gasteiger partial charge in [0.25, 0.3) is 11.8 Å². The van der Waals surface area contributed by atoms with E-state index in [0.29, 0.717) is 32.9 Å². The summed E-state index contributed by atoms with van der Waals surface area (Å²) in [6, 6.07) is 13.2. The number of anilines is 2. The fraction of sp³-hybridized carbons (Fsp3) is 0.286. The number of esters is 1. The van der Waals surface area contributed by atoms with Gasteiger partial charge in [0.05, 0.1) is 18.4 Å². The van der Waals surface area contributed by atoms with Gasteiger partial charge in [0, 0.05) is 16.0 Å². The molecule has 3 aromatic rings. The summed E-state index contributed by atoms with van der Waals surface area (Å²) in [4.78, 5) is 38.8. The van der Waals surface area contributed by atoms with Crippen molar-refractivity contribution in [2.45, 2.75) is 26.2 Å². The van der Waals surface area contributed by atoms with Gasteiger partial charge in [0.15, 0.2) is 13.2 Å². The van der Waals surface area contributed by atoms with E-state index in [9.17, 15) is 19.6 Å². The van der Waals surface area contributed by atoms with Gasteiger partial charge in [-0.3, -0.25) is 9.59 Å². The molecule has 9 nitrogen and oxygen atoms in total. The highest BCUT2D eigenvalue weighted by Gasteiger charge is 2.25. The maximum absolute atomic E-state index is 12.7. The van der Waals surface area contributed by atoms with Crippen molar-refractivity contribution in [3.8, 4) is 17.6 Å². The number of methoxy groups -OCH3 is 1. The molecule has 1 aromatic heterocycles. The lowest BCUT2D eigenvalue weighted by atomic mass is 9.89. The van der Waals surface area contributed by atoms with E-state index in [1.807, 2.05) is 0 Å². The fourth-order valence-electron chi connectivity index (χ4n) is 4.19. The van der Waals surface area contributed by atoms with Gasteiger partial charge in [-0.25, -0.2) is 4.79 Å². The van der Waals surface area contributed by atoms with E-state index < -0.39 is 31.0 Å². The molecule has 1 aliphatic carbocycles. The van der Waals surface area contributed by atoms with Crippen LogP contribution in [-0.2, 0) is 27.2 Å². The average molecular weight is 568 g/mol. The van der Waals surface area contributed by atoms with Gasteiger partial charge in [-0.2, -0.15) is 5.26 Å². The molecule has 4 rings (SSSR count). The third-order valence-electron chi connectivity index (χ3n) is 6.11. The lowest BCUT2D eigenvalue weighted by Crippen LogP contribution is -2.23. The second-order valence-corrected chi connectivity index (χ2v) is 10.5. The van der Waals surface area contributed by atoms with E-state index in [4.69, 9.17) is 25.8 Å². The summed E-state index contributed by atoms with van der Waals surface area (Å²) in [5, 5.41) is 15.9. The van der Waals surface area contributed by atoms with Crippen LogP contribution in [0, 0.1) is 17.2 Å². The molecule has 1 atom stereocenters. The minimum atomic E-state index is -0.791. The molecule has 2 amide bonds. The van der Waals surface area contributed by atoms with Crippen molar-refractivity contribution in [1.82, 2.24) is 0 Å². The number of amides is 2. The van der Waals surface area contributed by atoms with Crippen LogP contribution in [0.3, 0.4) is 0 Å². The molecule has 0 saturated carbocycles. The van der Waals surface area contributed by atoms with E-state index in [1.54, 1.807) is 30.3 Å². The molecule has 0 saturated heterocycles. The molecule has 0 radical (unpaired) electrons. The molecule has 202 valence electrons. The number of carbonyl (C=O) groups excluding carboxylic acids is 3. The smallest absolute Gasteiger partial charge is 0.342 e. The summed E-state index contributed by atoms with van der Waals surface area (Å²) in [5.74, 6) is -0.799. The second-order valence-electron chi connectivity index (χ2n) is 8.97. The first-order chi connectivity index (χ1) is 18.8. The van der Waals surface area contributed by atoms with E-state index >= 15 is 0 Å². The molecular formula is C28H26ClN3O6S. The summed E-state index contributed by atoms with van der Waals surface area (Å²) in [7, 11) is 1.45. The van der Waals surface area contributed by atoms with E-state index in [0.717, 1.165) is 29.7 Å².